The van der Waals surface area contributed by atoms with Crippen LogP contribution in [0.5, 0.6) is 0 Å². The van der Waals surface area contributed by atoms with Crippen LogP contribution in [0.4, 0.5) is 0 Å². The lowest BCUT2D eigenvalue weighted by Gasteiger charge is -2.17. The van der Waals surface area contributed by atoms with Gasteiger partial charge < -0.3 is 11.1 Å². The summed E-state index contributed by atoms with van der Waals surface area (Å²) in [4.78, 5) is 11.3. The molecule has 0 fully saturated rings. The Morgan fingerprint density at radius 3 is 2.43 bits per heavy atom. The molecule has 0 aromatic heterocycles. The van der Waals surface area contributed by atoms with Crippen LogP contribution in [0.3, 0.4) is 0 Å². The number of amides is 1. The molecule has 0 atom stereocenters. The van der Waals surface area contributed by atoms with Crippen LogP contribution in [0.2, 0.25) is 0 Å². The molecule has 0 aliphatic rings. The molecule has 0 aromatic carbocycles. The van der Waals surface area contributed by atoms with Crippen molar-refractivity contribution in [3.8, 4) is 0 Å². The van der Waals surface area contributed by atoms with Crippen molar-refractivity contribution in [2.75, 3.05) is 6.54 Å². The quantitative estimate of drug-likeness (QED) is 0.659. The summed E-state index contributed by atoms with van der Waals surface area (Å²) in [6.45, 7) is 8.49. The van der Waals surface area contributed by atoms with E-state index in [1.165, 1.54) is 5.57 Å². The highest BCUT2D eigenvalue weighted by Crippen LogP contribution is 2.06. The first-order chi connectivity index (χ1) is 6.31. The van der Waals surface area contributed by atoms with Gasteiger partial charge >= 0.3 is 0 Å². The summed E-state index contributed by atoms with van der Waals surface area (Å²) < 4.78 is 0. The maximum Gasteiger partial charge on any atom is 0.220 e. The predicted octanol–water partition coefficient (Wildman–Crippen LogP) is 1.59. The summed E-state index contributed by atoms with van der Waals surface area (Å²) >= 11 is 0. The Labute approximate surface area is 86.8 Å². The minimum atomic E-state index is -0.256. The van der Waals surface area contributed by atoms with Crippen molar-refractivity contribution in [1.29, 1.82) is 0 Å². The van der Waals surface area contributed by atoms with Gasteiger partial charge in [0.15, 0.2) is 0 Å². The molecule has 0 rings (SSSR count). The molecular weight excluding hydrogens is 176 g/mol. The summed E-state index contributed by atoms with van der Waals surface area (Å²) in [6.07, 6.45) is 3.21. The minimum Gasteiger partial charge on any atom is -0.353 e. The second-order valence-electron chi connectivity index (χ2n) is 4.57. The van der Waals surface area contributed by atoms with Gasteiger partial charge in [0, 0.05) is 18.5 Å². The van der Waals surface area contributed by atoms with Crippen molar-refractivity contribution in [1.82, 2.24) is 5.32 Å². The fourth-order valence-corrected chi connectivity index (χ4v) is 0.893. The van der Waals surface area contributed by atoms with Crippen LogP contribution in [0, 0.1) is 0 Å². The molecule has 0 radical (unpaired) electrons. The van der Waals surface area contributed by atoms with E-state index in [4.69, 9.17) is 5.73 Å². The zero-order chi connectivity index (χ0) is 11.2. The highest BCUT2D eigenvalue weighted by atomic mass is 16.1. The SMILES string of the molecule is CC(C)=CCNC(=O)CCC(C)(C)N. The van der Waals surface area contributed by atoms with Crippen LogP contribution < -0.4 is 11.1 Å². The molecule has 0 aromatic rings. The summed E-state index contributed by atoms with van der Waals surface area (Å²) in [5.41, 5.74) is 6.73. The molecule has 3 heteroatoms. The van der Waals surface area contributed by atoms with Crippen LogP contribution in [-0.4, -0.2) is 18.0 Å². The van der Waals surface area contributed by atoms with E-state index in [9.17, 15) is 4.79 Å². The Bertz CT molecular complexity index is 210. The molecular formula is C11H22N2O. The molecule has 0 aliphatic heterocycles. The van der Waals surface area contributed by atoms with Crippen molar-refractivity contribution < 1.29 is 4.79 Å². The van der Waals surface area contributed by atoms with Crippen molar-refractivity contribution in [2.45, 2.75) is 46.1 Å². The topological polar surface area (TPSA) is 55.1 Å². The van der Waals surface area contributed by atoms with Gasteiger partial charge in [-0.05, 0) is 34.1 Å². The zero-order valence-corrected chi connectivity index (χ0v) is 9.68. The monoisotopic (exact) mass is 198 g/mol. The predicted molar refractivity (Wildman–Crippen MR) is 59.9 cm³/mol. The van der Waals surface area contributed by atoms with E-state index in [0.29, 0.717) is 19.4 Å². The van der Waals surface area contributed by atoms with E-state index in [-0.39, 0.29) is 11.4 Å². The number of rotatable bonds is 5. The first kappa shape index (κ1) is 13.2. The number of allylic oxidation sites excluding steroid dienone is 1. The molecule has 3 nitrogen and oxygen atoms in total. The van der Waals surface area contributed by atoms with Crippen LogP contribution >= 0.6 is 0 Å². The highest BCUT2D eigenvalue weighted by molar-refractivity contribution is 5.76. The third-order valence-electron chi connectivity index (χ3n) is 1.81. The molecule has 0 bridgehead atoms. The van der Waals surface area contributed by atoms with Crippen LogP contribution in [-0.2, 0) is 4.79 Å². The number of hydrogen-bond acceptors (Lipinski definition) is 2. The van der Waals surface area contributed by atoms with Gasteiger partial charge in [0.25, 0.3) is 0 Å². The molecule has 0 aliphatic carbocycles. The Kier molecular flexibility index (Phi) is 5.46. The Balaban J connectivity index is 3.62. The van der Waals surface area contributed by atoms with Crippen LogP contribution in [0.1, 0.15) is 40.5 Å². The first-order valence-electron chi connectivity index (χ1n) is 5.00. The van der Waals surface area contributed by atoms with Crippen molar-refractivity contribution in [3.63, 3.8) is 0 Å². The average molecular weight is 198 g/mol. The molecule has 0 saturated carbocycles. The Morgan fingerprint density at radius 1 is 1.43 bits per heavy atom. The average Bonchev–Trinajstić information content (AvgIpc) is 1.99. The third kappa shape index (κ3) is 9.26. The van der Waals surface area contributed by atoms with E-state index in [0.717, 1.165) is 0 Å². The van der Waals surface area contributed by atoms with Gasteiger partial charge in [-0.2, -0.15) is 0 Å². The van der Waals surface area contributed by atoms with E-state index in [1.54, 1.807) is 0 Å². The van der Waals surface area contributed by atoms with E-state index in [2.05, 4.69) is 5.32 Å². The van der Waals surface area contributed by atoms with Gasteiger partial charge in [0.1, 0.15) is 0 Å². The summed E-state index contributed by atoms with van der Waals surface area (Å²) in [5.74, 6) is 0.0704. The second kappa shape index (κ2) is 5.81. The largest absolute Gasteiger partial charge is 0.353 e. The second-order valence-corrected chi connectivity index (χ2v) is 4.57. The van der Waals surface area contributed by atoms with E-state index in [1.807, 2.05) is 33.8 Å². The van der Waals surface area contributed by atoms with Gasteiger partial charge in [-0.25, -0.2) is 0 Å². The molecule has 0 heterocycles. The first-order valence-corrected chi connectivity index (χ1v) is 5.00. The fraction of sp³-hybridized carbons (Fsp3) is 0.727. The van der Waals surface area contributed by atoms with Crippen molar-refractivity contribution >= 4 is 5.91 Å². The van der Waals surface area contributed by atoms with Crippen molar-refractivity contribution in [2.24, 2.45) is 5.73 Å². The van der Waals surface area contributed by atoms with E-state index < -0.39 is 0 Å². The normalized spacial score (nSPS) is 10.9. The van der Waals surface area contributed by atoms with Gasteiger partial charge in [0.05, 0.1) is 0 Å². The molecule has 0 spiro atoms. The summed E-state index contributed by atoms with van der Waals surface area (Å²) in [7, 11) is 0. The highest BCUT2D eigenvalue weighted by Gasteiger charge is 2.12. The van der Waals surface area contributed by atoms with Crippen LogP contribution in [0.25, 0.3) is 0 Å². The number of hydrogen-bond donors (Lipinski definition) is 2. The van der Waals surface area contributed by atoms with Gasteiger partial charge in [-0.1, -0.05) is 11.6 Å². The molecule has 1 amide bonds. The Morgan fingerprint density at radius 2 is 2.00 bits per heavy atom. The van der Waals surface area contributed by atoms with Crippen molar-refractivity contribution in [3.05, 3.63) is 11.6 Å². The third-order valence-corrected chi connectivity index (χ3v) is 1.81. The molecule has 82 valence electrons. The molecule has 0 unspecified atom stereocenters. The molecule has 3 N–H and O–H groups in total. The standard InChI is InChI=1S/C11H22N2O/c1-9(2)6-8-13-10(14)5-7-11(3,4)12/h6H,5,7-8,12H2,1-4H3,(H,13,14). The van der Waals surface area contributed by atoms with Crippen LogP contribution in [0.15, 0.2) is 11.6 Å². The minimum absolute atomic E-state index is 0.0704. The Hall–Kier alpha value is -0.830. The number of carbonyl (C=O) groups excluding carboxylic acids is 1. The number of nitrogens with one attached hydrogen (secondary N) is 1. The number of carbonyl (C=O) groups is 1. The van der Waals surface area contributed by atoms with Gasteiger partial charge in [0.2, 0.25) is 5.91 Å². The van der Waals surface area contributed by atoms with Gasteiger partial charge in [-0.15, -0.1) is 0 Å². The molecule has 0 saturated heterocycles. The summed E-state index contributed by atoms with van der Waals surface area (Å²) in [6, 6.07) is 0. The lowest BCUT2D eigenvalue weighted by atomic mass is 10.00. The fourth-order valence-electron chi connectivity index (χ4n) is 0.893. The zero-order valence-electron chi connectivity index (χ0n) is 9.68. The van der Waals surface area contributed by atoms with Gasteiger partial charge in [-0.3, -0.25) is 4.79 Å². The smallest absolute Gasteiger partial charge is 0.220 e. The lowest BCUT2D eigenvalue weighted by molar-refractivity contribution is -0.121. The summed E-state index contributed by atoms with van der Waals surface area (Å²) in [5, 5.41) is 2.82. The maximum atomic E-state index is 11.3. The van der Waals surface area contributed by atoms with E-state index >= 15 is 0 Å². The number of nitrogens with two attached hydrogens (primary N) is 1. The lowest BCUT2D eigenvalue weighted by Crippen LogP contribution is -2.34. The maximum absolute atomic E-state index is 11.3. The molecule has 14 heavy (non-hydrogen) atoms.